The first-order valence-electron chi connectivity index (χ1n) is 7.09. The normalized spacial score (nSPS) is 16.9. The molecular weight excluding hydrogens is 268 g/mol. The summed E-state index contributed by atoms with van der Waals surface area (Å²) < 4.78 is 0. The lowest BCUT2D eigenvalue weighted by Crippen LogP contribution is -2.20. The van der Waals surface area contributed by atoms with Crippen molar-refractivity contribution in [1.29, 1.82) is 0 Å². The largest absolute Gasteiger partial charge is 0.481 e. The molecule has 1 N–H and O–H groups in total. The Kier molecular flexibility index (Phi) is 5.82. The van der Waals surface area contributed by atoms with Crippen LogP contribution >= 0.6 is 0 Å². The zero-order valence-electron chi connectivity index (χ0n) is 13.1. The third kappa shape index (κ3) is 4.25. The van der Waals surface area contributed by atoms with E-state index in [1.54, 1.807) is 20.8 Å². The van der Waals surface area contributed by atoms with E-state index in [1.165, 1.54) is 0 Å². The molecule has 0 aromatic heterocycles. The fourth-order valence-corrected chi connectivity index (χ4v) is 2.32. The smallest absolute Gasteiger partial charge is 0.303 e. The summed E-state index contributed by atoms with van der Waals surface area (Å²) in [6.07, 6.45) is 3.67. The summed E-state index contributed by atoms with van der Waals surface area (Å²) in [5.41, 5.74) is 3.25. The molecule has 114 valence electrons. The monoisotopic (exact) mass is 290 g/mol. The Morgan fingerprint density at radius 1 is 1.00 bits per heavy atom. The molecule has 0 spiro atoms. The number of carbonyl (C=O) groups is 3. The molecule has 1 aliphatic rings. The van der Waals surface area contributed by atoms with Gasteiger partial charge in [0.1, 0.15) is 0 Å². The molecular formula is C17H22O4. The van der Waals surface area contributed by atoms with Crippen LogP contribution in [0.25, 0.3) is 0 Å². The number of carbonyl (C=O) groups excluding carboxylic acids is 2. The average molecular weight is 290 g/mol. The lowest BCUT2D eigenvalue weighted by molar-refractivity contribution is -0.136. The molecule has 0 atom stereocenters. The Morgan fingerprint density at radius 3 is 2.14 bits per heavy atom. The molecule has 0 saturated carbocycles. The van der Waals surface area contributed by atoms with Gasteiger partial charge in [-0.05, 0) is 47.0 Å². The van der Waals surface area contributed by atoms with Gasteiger partial charge in [0.15, 0.2) is 11.6 Å². The number of Topliss-reactive ketones (excluding diaryl/α,β-unsaturated/α-hetero) is 2. The van der Waals surface area contributed by atoms with Crippen LogP contribution in [-0.2, 0) is 14.4 Å². The van der Waals surface area contributed by atoms with Crippen LogP contribution in [0.15, 0.2) is 33.9 Å². The zero-order chi connectivity index (χ0) is 16.2. The molecule has 4 heteroatoms. The highest BCUT2D eigenvalue weighted by Gasteiger charge is 2.27. The lowest BCUT2D eigenvalue weighted by atomic mass is 9.83. The second kappa shape index (κ2) is 7.16. The summed E-state index contributed by atoms with van der Waals surface area (Å²) >= 11 is 0. The summed E-state index contributed by atoms with van der Waals surface area (Å²) in [4.78, 5) is 34.7. The molecule has 4 nitrogen and oxygen atoms in total. The van der Waals surface area contributed by atoms with E-state index in [0.717, 1.165) is 5.57 Å². The standard InChI is InChI=1S/C17H22O4/c1-10(6-5-7-15(18)19)8-9-14-13(4)16(20)11(2)12(3)17(14)21/h6H,5,7-9H2,1-4H3,(H,18,19). The van der Waals surface area contributed by atoms with E-state index in [1.807, 2.05) is 13.0 Å². The zero-order valence-corrected chi connectivity index (χ0v) is 13.1. The van der Waals surface area contributed by atoms with Crippen molar-refractivity contribution in [1.82, 2.24) is 0 Å². The molecule has 0 fully saturated rings. The fourth-order valence-electron chi connectivity index (χ4n) is 2.32. The Morgan fingerprint density at radius 2 is 1.57 bits per heavy atom. The molecule has 21 heavy (non-hydrogen) atoms. The molecule has 0 radical (unpaired) electrons. The van der Waals surface area contributed by atoms with Crippen molar-refractivity contribution < 1.29 is 19.5 Å². The number of hydrogen-bond acceptors (Lipinski definition) is 3. The third-order valence-electron chi connectivity index (χ3n) is 3.93. The minimum Gasteiger partial charge on any atom is -0.481 e. The molecule has 1 rings (SSSR count). The van der Waals surface area contributed by atoms with Gasteiger partial charge in [-0.25, -0.2) is 0 Å². The van der Waals surface area contributed by atoms with Gasteiger partial charge in [-0.2, -0.15) is 0 Å². The first-order valence-corrected chi connectivity index (χ1v) is 7.09. The van der Waals surface area contributed by atoms with Crippen molar-refractivity contribution in [2.24, 2.45) is 0 Å². The summed E-state index contributed by atoms with van der Waals surface area (Å²) in [7, 11) is 0. The van der Waals surface area contributed by atoms with Crippen molar-refractivity contribution in [3.05, 3.63) is 33.9 Å². The van der Waals surface area contributed by atoms with E-state index in [9.17, 15) is 14.4 Å². The second-order valence-corrected chi connectivity index (χ2v) is 5.49. The van der Waals surface area contributed by atoms with Gasteiger partial charge in [0.25, 0.3) is 0 Å². The lowest BCUT2D eigenvalue weighted by Gasteiger charge is -2.18. The van der Waals surface area contributed by atoms with Gasteiger partial charge in [-0.15, -0.1) is 0 Å². The molecule has 0 heterocycles. The summed E-state index contributed by atoms with van der Waals surface area (Å²) in [5, 5.41) is 8.59. The fraction of sp³-hybridized carbons (Fsp3) is 0.471. The van der Waals surface area contributed by atoms with Crippen molar-refractivity contribution in [2.45, 2.75) is 53.4 Å². The van der Waals surface area contributed by atoms with E-state index in [-0.39, 0.29) is 18.0 Å². The van der Waals surface area contributed by atoms with Crippen LogP contribution in [0.3, 0.4) is 0 Å². The van der Waals surface area contributed by atoms with Gasteiger partial charge in [0.2, 0.25) is 0 Å². The van der Waals surface area contributed by atoms with Gasteiger partial charge in [0.05, 0.1) is 0 Å². The number of carboxylic acids is 1. The SMILES string of the molecule is CC(=CCCC(=O)O)CCC1=C(C)C(=O)C(C)=C(C)C1=O. The van der Waals surface area contributed by atoms with E-state index in [0.29, 0.717) is 41.6 Å². The maximum Gasteiger partial charge on any atom is 0.303 e. The maximum absolute atomic E-state index is 12.2. The van der Waals surface area contributed by atoms with E-state index in [2.05, 4.69) is 0 Å². The summed E-state index contributed by atoms with van der Waals surface area (Å²) in [6, 6.07) is 0. The van der Waals surface area contributed by atoms with Gasteiger partial charge >= 0.3 is 5.97 Å². The Bertz CT molecular complexity index is 574. The molecule has 1 aliphatic carbocycles. The predicted molar refractivity (Wildman–Crippen MR) is 80.9 cm³/mol. The van der Waals surface area contributed by atoms with Crippen LogP contribution in [0, 0.1) is 0 Å². The first-order chi connectivity index (χ1) is 9.75. The van der Waals surface area contributed by atoms with Crippen LogP contribution in [0.4, 0.5) is 0 Å². The highest BCUT2D eigenvalue weighted by molar-refractivity contribution is 6.24. The number of ketones is 2. The van der Waals surface area contributed by atoms with Gasteiger partial charge < -0.3 is 5.11 Å². The number of carboxylic acid groups (broad SMARTS) is 1. The average Bonchev–Trinajstić information content (AvgIpc) is 2.42. The van der Waals surface area contributed by atoms with Crippen LogP contribution in [0.1, 0.15) is 53.4 Å². The van der Waals surface area contributed by atoms with E-state index in [4.69, 9.17) is 5.11 Å². The first kappa shape index (κ1) is 17.1. The van der Waals surface area contributed by atoms with E-state index < -0.39 is 5.97 Å². The van der Waals surface area contributed by atoms with Crippen LogP contribution < -0.4 is 0 Å². The summed E-state index contributed by atoms with van der Waals surface area (Å²) in [6.45, 7) is 7.00. The van der Waals surface area contributed by atoms with Gasteiger partial charge in [-0.3, -0.25) is 14.4 Å². The summed E-state index contributed by atoms with van der Waals surface area (Å²) in [5.74, 6) is -0.903. The Labute approximate surface area is 125 Å². The topological polar surface area (TPSA) is 71.4 Å². The third-order valence-corrected chi connectivity index (χ3v) is 3.93. The van der Waals surface area contributed by atoms with Crippen LogP contribution in [0.2, 0.25) is 0 Å². The number of hydrogen-bond donors (Lipinski definition) is 1. The van der Waals surface area contributed by atoms with Gasteiger partial charge in [-0.1, -0.05) is 11.6 Å². The molecule has 0 amide bonds. The molecule has 0 aliphatic heterocycles. The minimum atomic E-state index is -0.818. The van der Waals surface area contributed by atoms with Gasteiger partial charge in [0, 0.05) is 28.7 Å². The van der Waals surface area contributed by atoms with Crippen LogP contribution in [0.5, 0.6) is 0 Å². The number of allylic oxidation sites excluding steroid dienone is 6. The molecule has 0 aromatic rings. The second-order valence-electron chi connectivity index (χ2n) is 5.49. The maximum atomic E-state index is 12.2. The Hall–Kier alpha value is -1.97. The highest BCUT2D eigenvalue weighted by atomic mass is 16.4. The van der Waals surface area contributed by atoms with E-state index >= 15 is 0 Å². The Balaban J connectivity index is 2.73. The number of rotatable bonds is 6. The number of aliphatic carboxylic acids is 1. The molecule has 0 aromatic carbocycles. The minimum absolute atomic E-state index is 0.0389. The molecule has 0 saturated heterocycles. The van der Waals surface area contributed by atoms with Crippen molar-refractivity contribution in [3.8, 4) is 0 Å². The van der Waals surface area contributed by atoms with Crippen molar-refractivity contribution in [2.75, 3.05) is 0 Å². The quantitative estimate of drug-likeness (QED) is 0.601. The van der Waals surface area contributed by atoms with Crippen molar-refractivity contribution in [3.63, 3.8) is 0 Å². The van der Waals surface area contributed by atoms with Crippen molar-refractivity contribution >= 4 is 17.5 Å². The highest BCUT2D eigenvalue weighted by Crippen LogP contribution is 2.27. The van der Waals surface area contributed by atoms with Crippen LogP contribution in [-0.4, -0.2) is 22.6 Å². The predicted octanol–water partition coefficient (Wildman–Crippen LogP) is 3.38. The molecule has 0 unspecified atom stereocenters. The molecule has 0 bridgehead atoms.